The predicted octanol–water partition coefficient (Wildman–Crippen LogP) is 2.19. The molecule has 0 unspecified atom stereocenters. The highest BCUT2D eigenvalue weighted by atomic mass is 16.5. The zero-order chi connectivity index (χ0) is 13.0. The van der Waals surface area contributed by atoms with Gasteiger partial charge in [0.1, 0.15) is 12.9 Å². The number of hydrogen-bond donors (Lipinski definition) is 1. The average Bonchev–Trinajstić information content (AvgIpc) is 2.83. The highest BCUT2D eigenvalue weighted by Gasteiger charge is 2.32. The number of aliphatic hydroxyl groups is 1. The fraction of sp³-hybridized carbons (Fsp3) is 0.500. The summed E-state index contributed by atoms with van der Waals surface area (Å²) in [7, 11) is 1.55. The van der Waals surface area contributed by atoms with Gasteiger partial charge < -0.3 is 14.6 Å². The van der Waals surface area contributed by atoms with E-state index < -0.39 is 5.60 Å². The van der Waals surface area contributed by atoms with Crippen molar-refractivity contribution in [2.75, 3.05) is 13.7 Å². The second kappa shape index (κ2) is 5.40. The molecule has 4 heteroatoms. The molecule has 0 saturated heterocycles. The Kier molecular flexibility index (Phi) is 3.87. The van der Waals surface area contributed by atoms with Crippen LogP contribution in [0, 0.1) is 0 Å². The summed E-state index contributed by atoms with van der Waals surface area (Å²) in [5.74, 6) is 1.07. The molecule has 4 nitrogen and oxygen atoms in total. The molecule has 0 aromatic heterocycles. The Labute approximate surface area is 107 Å². The number of ether oxygens (including phenoxy) is 2. The van der Waals surface area contributed by atoms with Crippen molar-refractivity contribution in [3.8, 4) is 11.5 Å². The highest BCUT2D eigenvalue weighted by molar-refractivity contribution is 5.76. The molecule has 0 heterocycles. The number of methoxy groups -OCH3 is 1. The van der Waals surface area contributed by atoms with E-state index in [1.165, 1.54) is 0 Å². The number of aldehydes is 1. The van der Waals surface area contributed by atoms with E-state index in [2.05, 4.69) is 0 Å². The molecule has 2 rings (SSSR count). The first-order valence-corrected chi connectivity index (χ1v) is 6.15. The molecular weight excluding hydrogens is 232 g/mol. The van der Waals surface area contributed by atoms with Gasteiger partial charge in [-0.05, 0) is 31.0 Å². The first kappa shape index (κ1) is 12.9. The molecule has 1 aromatic rings. The van der Waals surface area contributed by atoms with Crippen LogP contribution in [0.4, 0.5) is 0 Å². The molecule has 18 heavy (non-hydrogen) atoms. The van der Waals surface area contributed by atoms with Crippen LogP contribution in [0.15, 0.2) is 18.2 Å². The summed E-state index contributed by atoms with van der Waals surface area (Å²) in [6, 6.07) is 4.99. The van der Waals surface area contributed by atoms with Gasteiger partial charge in [-0.15, -0.1) is 0 Å². The first-order valence-electron chi connectivity index (χ1n) is 6.15. The van der Waals surface area contributed by atoms with Crippen LogP contribution < -0.4 is 9.47 Å². The summed E-state index contributed by atoms with van der Waals surface area (Å²) in [4.78, 5) is 10.7. The second-order valence-electron chi connectivity index (χ2n) is 4.75. The minimum absolute atomic E-state index is 0.242. The van der Waals surface area contributed by atoms with Crippen LogP contribution in [0.5, 0.6) is 11.5 Å². The predicted molar refractivity (Wildman–Crippen MR) is 67.3 cm³/mol. The maximum absolute atomic E-state index is 10.7. The van der Waals surface area contributed by atoms with Gasteiger partial charge in [0.2, 0.25) is 0 Å². The Balaban J connectivity index is 2.09. The summed E-state index contributed by atoms with van der Waals surface area (Å²) in [5, 5.41) is 10.2. The van der Waals surface area contributed by atoms with E-state index in [0.29, 0.717) is 17.1 Å². The van der Waals surface area contributed by atoms with E-state index >= 15 is 0 Å². The van der Waals surface area contributed by atoms with Crippen LogP contribution in [0.2, 0.25) is 0 Å². The topological polar surface area (TPSA) is 55.8 Å². The lowest BCUT2D eigenvalue weighted by atomic mass is 10.0. The van der Waals surface area contributed by atoms with Crippen LogP contribution in [-0.4, -0.2) is 30.7 Å². The van der Waals surface area contributed by atoms with Crippen molar-refractivity contribution in [2.24, 2.45) is 0 Å². The van der Waals surface area contributed by atoms with Crippen LogP contribution >= 0.6 is 0 Å². The highest BCUT2D eigenvalue weighted by Crippen LogP contribution is 2.33. The zero-order valence-corrected chi connectivity index (χ0v) is 10.5. The van der Waals surface area contributed by atoms with Crippen LogP contribution in [0.3, 0.4) is 0 Å². The fourth-order valence-corrected chi connectivity index (χ4v) is 2.27. The monoisotopic (exact) mass is 250 g/mol. The van der Waals surface area contributed by atoms with Crippen molar-refractivity contribution in [3.63, 3.8) is 0 Å². The Morgan fingerprint density at radius 1 is 1.33 bits per heavy atom. The molecule has 1 saturated carbocycles. The summed E-state index contributed by atoms with van der Waals surface area (Å²) in [5.41, 5.74) is -0.202. The van der Waals surface area contributed by atoms with Gasteiger partial charge in [0.25, 0.3) is 0 Å². The van der Waals surface area contributed by atoms with Crippen molar-refractivity contribution in [1.29, 1.82) is 0 Å². The van der Waals surface area contributed by atoms with Crippen molar-refractivity contribution in [2.45, 2.75) is 31.3 Å². The van der Waals surface area contributed by atoms with E-state index in [9.17, 15) is 9.90 Å². The quantitative estimate of drug-likeness (QED) is 0.814. The van der Waals surface area contributed by atoms with Crippen molar-refractivity contribution < 1.29 is 19.4 Å². The summed E-state index contributed by atoms with van der Waals surface area (Å²) < 4.78 is 10.8. The molecule has 98 valence electrons. The average molecular weight is 250 g/mol. The minimum Gasteiger partial charge on any atom is -0.493 e. The maximum Gasteiger partial charge on any atom is 0.162 e. The maximum atomic E-state index is 10.7. The molecular formula is C14H18O4. The third-order valence-electron chi connectivity index (χ3n) is 3.35. The molecule has 0 radical (unpaired) electrons. The molecule has 0 spiro atoms. The van der Waals surface area contributed by atoms with E-state index in [4.69, 9.17) is 9.47 Å². The van der Waals surface area contributed by atoms with Gasteiger partial charge in [0, 0.05) is 5.56 Å². The van der Waals surface area contributed by atoms with Crippen molar-refractivity contribution in [1.82, 2.24) is 0 Å². The molecule has 1 fully saturated rings. The number of hydrogen-bond acceptors (Lipinski definition) is 4. The SMILES string of the molecule is COc1ccc(C=O)cc1OCC1(O)CCCC1. The Bertz CT molecular complexity index is 422. The first-order chi connectivity index (χ1) is 8.67. The summed E-state index contributed by atoms with van der Waals surface area (Å²) in [6.45, 7) is 0.242. The van der Waals surface area contributed by atoms with E-state index in [0.717, 1.165) is 32.0 Å². The second-order valence-corrected chi connectivity index (χ2v) is 4.75. The van der Waals surface area contributed by atoms with Gasteiger partial charge in [-0.2, -0.15) is 0 Å². The Morgan fingerprint density at radius 3 is 2.67 bits per heavy atom. The smallest absolute Gasteiger partial charge is 0.162 e. The van der Waals surface area contributed by atoms with Gasteiger partial charge in [-0.1, -0.05) is 12.8 Å². The van der Waals surface area contributed by atoms with Crippen LogP contribution in [0.1, 0.15) is 36.0 Å². The molecule has 0 amide bonds. The molecule has 1 aliphatic carbocycles. The third kappa shape index (κ3) is 2.82. The van der Waals surface area contributed by atoms with Gasteiger partial charge in [-0.25, -0.2) is 0 Å². The van der Waals surface area contributed by atoms with E-state index in [-0.39, 0.29) is 6.61 Å². The number of benzene rings is 1. The molecule has 1 N–H and O–H groups in total. The molecule has 0 bridgehead atoms. The molecule has 0 aliphatic heterocycles. The Morgan fingerprint density at radius 2 is 2.06 bits per heavy atom. The zero-order valence-electron chi connectivity index (χ0n) is 10.5. The fourth-order valence-electron chi connectivity index (χ4n) is 2.27. The van der Waals surface area contributed by atoms with Crippen LogP contribution in [-0.2, 0) is 0 Å². The van der Waals surface area contributed by atoms with Gasteiger partial charge in [0.05, 0.1) is 12.7 Å². The lowest BCUT2D eigenvalue weighted by Gasteiger charge is -2.23. The van der Waals surface area contributed by atoms with E-state index in [1.807, 2.05) is 0 Å². The van der Waals surface area contributed by atoms with Gasteiger partial charge >= 0.3 is 0 Å². The largest absolute Gasteiger partial charge is 0.493 e. The Hall–Kier alpha value is -1.55. The molecule has 1 aromatic carbocycles. The third-order valence-corrected chi connectivity index (χ3v) is 3.35. The van der Waals surface area contributed by atoms with E-state index in [1.54, 1.807) is 25.3 Å². The standard InChI is InChI=1S/C14H18O4/c1-17-12-5-4-11(9-15)8-13(12)18-10-14(16)6-2-3-7-14/h4-5,8-9,16H,2-3,6-7,10H2,1H3. The molecule has 1 aliphatic rings. The van der Waals surface area contributed by atoms with Crippen molar-refractivity contribution >= 4 is 6.29 Å². The lowest BCUT2D eigenvalue weighted by Crippen LogP contribution is -2.32. The van der Waals surface area contributed by atoms with Gasteiger partial charge in [-0.3, -0.25) is 4.79 Å². The molecule has 0 atom stereocenters. The summed E-state index contributed by atoms with van der Waals surface area (Å²) in [6.07, 6.45) is 4.36. The number of rotatable bonds is 5. The lowest BCUT2D eigenvalue weighted by molar-refractivity contribution is 0.000728. The van der Waals surface area contributed by atoms with Gasteiger partial charge in [0.15, 0.2) is 11.5 Å². The minimum atomic E-state index is -0.734. The number of carbonyl (C=O) groups excluding carboxylic acids is 1. The number of carbonyl (C=O) groups is 1. The van der Waals surface area contributed by atoms with Crippen molar-refractivity contribution in [3.05, 3.63) is 23.8 Å². The van der Waals surface area contributed by atoms with Crippen LogP contribution in [0.25, 0.3) is 0 Å². The summed E-state index contributed by atoms with van der Waals surface area (Å²) >= 11 is 0. The normalized spacial score (nSPS) is 17.4.